The Morgan fingerprint density at radius 2 is 1.90 bits per heavy atom. The van der Waals surface area contributed by atoms with Gasteiger partial charge in [0.1, 0.15) is 0 Å². The quantitative estimate of drug-likeness (QED) is 0.787. The van der Waals surface area contributed by atoms with Gasteiger partial charge in [-0.2, -0.15) is 5.10 Å². The van der Waals surface area contributed by atoms with Crippen LogP contribution in [0.25, 0.3) is 5.69 Å². The molecule has 0 atom stereocenters. The van der Waals surface area contributed by atoms with Gasteiger partial charge in [-0.25, -0.2) is 4.68 Å². The number of hydrogen-bond acceptors (Lipinski definition) is 3. The molecule has 0 spiro atoms. The largest absolute Gasteiger partial charge is 0.378 e. The van der Waals surface area contributed by atoms with Crippen molar-refractivity contribution in [2.75, 3.05) is 5.32 Å². The zero-order valence-electron chi connectivity index (χ0n) is 11.3. The van der Waals surface area contributed by atoms with Gasteiger partial charge >= 0.3 is 0 Å². The molecule has 3 rings (SSSR count). The van der Waals surface area contributed by atoms with Crippen molar-refractivity contribution in [1.29, 1.82) is 0 Å². The van der Waals surface area contributed by atoms with Crippen molar-refractivity contribution in [1.82, 2.24) is 14.8 Å². The van der Waals surface area contributed by atoms with Crippen LogP contribution in [0.3, 0.4) is 0 Å². The van der Waals surface area contributed by atoms with E-state index in [0.717, 1.165) is 22.8 Å². The monoisotopic (exact) mass is 264 g/mol. The number of para-hydroxylation sites is 1. The second kappa shape index (κ2) is 5.57. The molecule has 0 bridgehead atoms. The van der Waals surface area contributed by atoms with Crippen LogP contribution < -0.4 is 5.32 Å². The number of aromatic nitrogens is 3. The van der Waals surface area contributed by atoms with Gasteiger partial charge in [0.2, 0.25) is 0 Å². The first-order chi connectivity index (χ1) is 9.81. The Hall–Kier alpha value is -2.62. The minimum absolute atomic E-state index is 0.685. The summed E-state index contributed by atoms with van der Waals surface area (Å²) < 4.78 is 1.88. The van der Waals surface area contributed by atoms with Gasteiger partial charge in [-0.15, -0.1) is 0 Å². The maximum Gasteiger partial charge on any atom is 0.0819 e. The molecule has 0 aliphatic rings. The van der Waals surface area contributed by atoms with Gasteiger partial charge in [0.15, 0.2) is 0 Å². The molecule has 1 N–H and O–H groups in total. The standard InChI is InChI=1S/C16H16N4/c1-13-7-8-14(11-17-13)18-12-15-9-10-20(19-15)16-5-3-2-4-6-16/h2-11,18H,12H2,1H3. The van der Waals surface area contributed by atoms with Crippen molar-refractivity contribution in [3.63, 3.8) is 0 Å². The molecule has 0 radical (unpaired) electrons. The average Bonchev–Trinajstić information content (AvgIpc) is 2.97. The highest BCUT2D eigenvalue weighted by Crippen LogP contribution is 2.10. The normalized spacial score (nSPS) is 10.4. The summed E-state index contributed by atoms with van der Waals surface area (Å²) in [7, 11) is 0. The third-order valence-electron chi connectivity index (χ3n) is 3.05. The van der Waals surface area contributed by atoms with E-state index < -0.39 is 0 Å². The molecule has 2 heterocycles. The van der Waals surface area contributed by atoms with Crippen molar-refractivity contribution >= 4 is 5.69 Å². The van der Waals surface area contributed by atoms with E-state index in [9.17, 15) is 0 Å². The minimum atomic E-state index is 0.685. The Morgan fingerprint density at radius 1 is 1.05 bits per heavy atom. The van der Waals surface area contributed by atoms with Gasteiger partial charge in [-0.05, 0) is 37.3 Å². The molecule has 2 aromatic heterocycles. The van der Waals surface area contributed by atoms with Gasteiger partial charge < -0.3 is 5.32 Å². The average molecular weight is 264 g/mol. The Bertz CT molecular complexity index is 671. The van der Waals surface area contributed by atoms with E-state index in [0.29, 0.717) is 6.54 Å². The lowest BCUT2D eigenvalue weighted by Gasteiger charge is -2.04. The van der Waals surface area contributed by atoms with Crippen molar-refractivity contribution in [3.8, 4) is 5.69 Å². The van der Waals surface area contributed by atoms with Crippen molar-refractivity contribution < 1.29 is 0 Å². The van der Waals surface area contributed by atoms with Crippen LogP contribution in [0.2, 0.25) is 0 Å². The molecule has 4 nitrogen and oxygen atoms in total. The number of nitrogens with zero attached hydrogens (tertiary/aromatic N) is 3. The minimum Gasteiger partial charge on any atom is -0.378 e. The molecule has 0 amide bonds. The first-order valence-electron chi connectivity index (χ1n) is 6.58. The predicted molar refractivity (Wildman–Crippen MR) is 79.9 cm³/mol. The van der Waals surface area contributed by atoms with Crippen LogP contribution in [0.5, 0.6) is 0 Å². The molecule has 1 aromatic carbocycles. The molecule has 0 saturated carbocycles. The molecular formula is C16H16N4. The lowest BCUT2D eigenvalue weighted by Crippen LogP contribution is -2.02. The Balaban J connectivity index is 1.67. The van der Waals surface area contributed by atoms with Crippen LogP contribution in [0.4, 0.5) is 5.69 Å². The van der Waals surface area contributed by atoms with Crippen LogP contribution in [-0.2, 0) is 6.54 Å². The van der Waals surface area contributed by atoms with Crippen molar-refractivity contribution in [3.05, 3.63) is 72.3 Å². The number of aryl methyl sites for hydroxylation is 1. The van der Waals surface area contributed by atoms with Crippen LogP contribution >= 0.6 is 0 Å². The molecule has 0 aliphatic carbocycles. The first-order valence-corrected chi connectivity index (χ1v) is 6.58. The Morgan fingerprint density at radius 3 is 2.65 bits per heavy atom. The first kappa shape index (κ1) is 12.4. The zero-order valence-corrected chi connectivity index (χ0v) is 11.3. The second-order valence-corrected chi connectivity index (χ2v) is 4.63. The van der Waals surface area contributed by atoms with Crippen molar-refractivity contribution in [2.24, 2.45) is 0 Å². The highest BCUT2D eigenvalue weighted by molar-refractivity contribution is 5.41. The molecule has 0 saturated heterocycles. The van der Waals surface area contributed by atoms with Crippen LogP contribution in [0.1, 0.15) is 11.4 Å². The lowest BCUT2D eigenvalue weighted by atomic mass is 10.3. The zero-order chi connectivity index (χ0) is 13.8. The molecule has 0 aliphatic heterocycles. The molecule has 3 aromatic rings. The smallest absolute Gasteiger partial charge is 0.0819 e. The fraction of sp³-hybridized carbons (Fsp3) is 0.125. The fourth-order valence-corrected chi connectivity index (χ4v) is 1.95. The van der Waals surface area contributed by atoms with Gasteiger partial charge in [0.05, 0.1) is 29.8 Å². The van der Waals surface area contributed by atoms with Crippen molar-refractivity contribution in [2.45, 2.75) is 13.5 Å². The summed E-state index contributed by atoms with van der Waals surface area (Å²) >= 11 is 0. The van der Waals surface area contributed by atoms with Gasteiger partial charge in [0, 0.05) is 11.9 Å². The van der Waals surface area contributed by atoms with Gasteiger partial charge in [0.25, 0.3) is 0 Å². The van der Waals surface area contributed by atoms with Crippen LogP contribution in [0, 0.1) is 6.92 Å². The molecule has 20 heavy (non-hydrogen) atoms. The summed E-state index contributed by atoms with van der Waals surface area (Å²) in [5.41, 5.74) is 4.08. The molecule has 100 valence electrons. The van der Waals surface area contributed by atoms with E-state index in [2.05, 4.69) is 15.4 Å². The molecule has 0 unspecified atom stereocenters. The van der Waals surface area contributed by atoms with Crippen LogP contribution in [0.15, 0.2) is 60.9 Å². The molecule has 0 fully saturated rings. The topological polar surface area (TPSA) is 42.7 Å². The SMILES string of the molecule is Cc1ccc(NCc2ccn(-c3ccccc3)n2)cn1. The van der Waals surface area contributed by atoms with E-state index >= 15 is 0 Å². The third-order valence-corrected chi connectivity index (χ3v) is 3.05. The molecule has 4 heteroatoms. The maximum absolute atomic E-state index is 4.55. The van der Waals surface area contributed by atoms with E-state index in [1.807, 2.05) is 72.5 Å². The van der Waals surface area contributed by atoms with Gasteiger partial charge in [-0.3, -0.25) is 4.98 Å². The summed E-state index contributed by atoms with van der Waals surface area (Å²) in [6, 6.07) is 16.1. The lowest BCUT2D eigenvalue weighted by molar-refractivity contribution is 0.844. The maximum atomic E-state index is 4.55. The number of nitrogens with one attached hydrogen (secondary N) is 1. The predicted octanol–water partition coefficient (Wildman–Crippen LogP) is 3.19. The molecular weight excluding hydrogens is 248 g/mol. The number of rotatable bonds is 4. The van der Waals surface area contributed by atoms with Gasteiger partial charge in [-0.1, -0.05) is 18.2 Å². The highest BCUT2D eigenvalue weighted by atomic mass is 15.3. The van der Waals surface area contributed by atoms with E-state index in [4.69, 9.17) is 0 Å². The fourth-order valence-electron chi connectivity index (χ4n) is 1.95. The van der Waals surface area contributed by atoms with E-state index in [1.165, 1.54) is 0 Å². The summed E-state index contributed by atoms with van der Waals surface area (Å²) in [5.74, 6) is 0. The summed E-state index contributed by atoms with van der Waals surface area (Å²) in [5, 5.41) is 7.86. The summed E-state index contributed by atoms with van der Waals surface area (Å²) in [6.07, 6.45) is 3.81. The Kier molecular flexibility index (Phi) is 3.46. The van der Waals surface area contributed by atoms with E-state index in [-0.39, 0.29) is 0 Å². The second-order valence-electron chi connectivity index (χ2n) is 4.63. The highest BCUT2D eigenvalue weighted by Gasteiger charge is 2.01. The van der Waals surface area contributed by atoms with Crippen LogP contribution in [-0.4, -0.2) is 14.8 Å². The summed E-state index contributed by atoms with van der Waals surface area (Å²) in [6.45, 7) is 2.66. The Labute approximate surface area is 118 Å². The number of anilines is 1. The number of pyridine rings is 1. The number of hydrogen-bond donors (Lipinski definition) is 1. The number of benzene rings is 1. The summed E-state index contributed by atoms with van der Waals surface area (Å²) in [4.78, 5) is 4.26. The third kappa shape index (κ3) is 2.85. The van der Waals surface area contributed by atoms with E-state index in [1.54, 1.807) is 0 Å².